The van der Waals surface area contributed by atoms with Crippen LogP contribution in [0.25, 0.3) is 10.8 Å². The van der Waals surface area contributed by atoms with Gasteiger partial charge in [-0.1, -0.05) is 48.5 Å². The maximum absolute atomic E-state index is 13.6. The highest BCUT2D eigenvalue weighted by Crippen LogP contribution is 2.24. The largest absolute Gasteiger partial charge is 0.353 e. The van der Waals surface area contributed by atoms with E-state index in [1.807, 2.05) is 74.8 Å². The van der Waals surface area contributed by atoms with Crippen LogP contribution in [0.5, 0.6) is 0 Å². The lowest BCUT2D eigenvalue weighted by Crippen LogP contribution is -2.47. The van der Waals surface area contributed by atoms with Crippen molar-refractivity contribution in [1.82, 2.24) is 35.8 Å². The van der Waals surface area contributed by atoms with Crippen LogP contribution in [-0.4, -0.2) is 38.9 Å². The molecular weight excluding hydrogens is 562 g/mol. The zero-order valence-corrected chi connectivity index (χ0v) is 25.9. The summed E-state index contributed by atoms with van der Waals surface area (Å²) in [5.74, 6) is -0.542. The minimum atomic E-state index is -0.702. The highest BCUT2D eigenvalue weighted by atomic mass is 16.2. The summed E-state index contributed by atoms with van der Waals surface area (Å²) in [5, 5.41) is 15.1. The van der Waals surface area contributed by atoms with E-state index in [1.165, 1.54) is 5.69 Å². The van der Waals surface area contributed by atoms with Gasteiger partial charge in [-0.05, 0) is 79.0 Å². The predicted octanol–water partition coefficient (Wildman–Crippen LogP) is 4.80. The Hall–Kier alpha value is -4.86. The van der Waals surface area contributed by atoms with Crippen molar-refractivity contribution < 1.29 is 9.59 Å². The maximum atomic E-state index is 13.6. The van der Waals surface area contributed by atoms with Crippen LogP contribution in [0.15, 0.2) is 104 Å². The fourth-order valence-electron chi connectivity index (χ4n) is 5.34. The van der Waals surface area contributed by atoms with E-state index in [0.717, 1.165) is 34.3 Å². The lowest BCUT2D eigenvalue weighted by atomic mass is 9.99. The molecule has 0 radical (unpaired) electrons. The Morgan fingerprint density at radius 1 is 0.800 bits per heavy atom. The molecule has 0 aliphatic carbocycles. The summed E-state index contributed by atoms with van der Waals surface area (Å²) in [4.78, 5) is 35.7. The lowest BCUT2D eigenvalue weighted by Gasteiger charge is -2.23. The van der Waals surface area contributed by atoms with Gasteiger partial charge in [-0.3, -0.25) is 19.6 Å². The summed E-state index contributed by atoms with van der Waals surface area (Å²) < 4.78 is 2.08. The molecule has 0 saturated heterocycles. The predicted molar refractivity (Wildman–Crippen MR) is 177 cm³/mol. The second-order valence-corrected chi connectivity index (χ2v) is 11.2. The van der Waals surface area contributed by atoms with Crippen molar-refractivity contribution in [3.63, 3.8) is 0 Å². The molecule has 0 spiro atoms. The van der Waals surface area contributed by atoms with Crippen molar-refractivity contribution in [2.75, 3.05) is 6.54 Å². The summed E-state index contributed by atoms with van der Waals surface area (Å²) in [6.45, 7) is 4.60. The molecule has 232 valence electrons. The Morgan fingerprint density at radius 2 is 1.60 bits per heavy atom. The van der Waals surface area contributed by atoms with Gasteiger partial charge in [0.2, 0.25) is 5.91 Å². The molecule has 5 rings (SSSR count). The third-order valence-electron chi connectivity index (χ3n) is 7.90. The molecule has 0 aliphatic rings. The Balaban J connectivity index is 1.20. The fourth-order valence-corrected chi connectivity index (χ4v) is 5.34. The van der Waals surface area contributed by atoms with Crippen molar-refractivity contribution in [3.8, 4) is 0 Å². The molecule has 0 aliphatic heterocycles. The van der Waals surface area contributed by atoms with Crippen LogP contribution in [-0.2, 0) is 31.5 Å². The quantitative estimate of drug-likeness (QED) is 0.128. The van der Waals surface area contributed by atoms with Crippen molar-refractivity contribution in [2.24, 2.45) is 7.05 Å². The number of hydrogen-bond donors (Lipinski definition) is 4. The summed E-state index contributed by atoms with van der Waals surface area (Å²) in [6, 6.07) is 26.8. The fraction of sp³-hybridized carbons (Fsp3) is 0.278. The van der Waals surface area contributed by atoms with E-state index in [4.69, 9.17) is 0 Å². The van der Waals surface area contributed by atoms with E-state index in [9.17, 15) is 9.59 Å². The second-order valence-electron chi connectivity index (χ2n) is 11.2. The number of pyridine rings is 2. The molecule has 2 amide bonds. The van der Waals surface area contributed by atoms with Crippen molar-refractivity contribution in [2.45, 2.75) is 51.5 Å². The van der Waals surface area contributed by atoms with Gasteiger partial charge < -0.3 is 25.8 Å². The molecule has 0 bridgehead atoms. The third kappa shape index (κ3) is 8.84. The van der Waals surface area contributed by atoms with Gasteiger partial charge in [0.1, 0.15) is 6.04 Å². The maximum Gasteiger partial charge on any atom is 0.253 e. The van der Waals surface area contributed by atoms with Crippen LogP contribution in [0, 0.1) is 0 Å². The molecule has 2 aromatic carbocycles. The smallest absolute Gasteiger partial charge is 0.253 e. The first-order chi connectivity index (χ1) is 22.0. The lowest BCUT2D eigenvalue weighted by molar-refractivity contribution is -0.123. The number of carbonyl (C=O) groups excluding carboxylic acids is 2. The Labute approximate surface area is 264 Å². The number of rotatable bonds is 15. The van der Waals surface area contributed by atoms with Crippen LogP contribution >= 0.6 is 0 Å². The minimum Gasteiger partial charge on any atom is -0.353 e. The van der Waals surface area contributed by atoms with Gasteiger partial charge in [-0.15, -0.1) is 0 Å². The summed E-state index contributed by atoms with van der Waals surface area (Å²) in [5.41, 5.74) is 4.38. The van der Waals surface area contributed by atoms with E-state index < -0.39 is 6.04 Å². The summed E-state index contributed by atoms with van der Waals surface area (Å²) in [6.07, 6.45) is 6.54. The Kier molecular flexibility index (Phi) is 11.0. The van der Waals surface area contributed by atoms with E-state index in [2.05, 4.69) is 60.1 Å². The monoisotopic (exact) mass is 603 g/mol. The Morgan fingerprint density at radius 3 is 2.36 bits per heavy atom. The first kappa shape index (κ1) is 31.6. The number of hydrogen-bond acceptors (Lipinski definition) is 6. The van der Waals surface area contributed by atoms with Crippen molar-refractivity contribution >= 4 is 22.6 Å². The van der Waals surface area contributed by atoms with Gasteiger partial charge in [0.05, 0.1) is 23.0 Å². The van der Waals surface area contributed by atoms with Crippen LogP contribution in [0.2, 0.25) is 0 Å². The molecule has 2 atom stereocenters. The normalized spacial score (nSPS) is 12.5. The van der Waals surface area contributed by atoms with Gasteiger partial charge in [0.25, 0.3) is 5.91 Å². The number of benzene rings is 2. The molecule has 3 heterocycles. The van der Waals surface area contributed by atoms with Gasteiger partial charge in [-0.25, -0.2) is 0 Å². The van der Waals surface area contributed by atoms with Crippen LogP contribution < -0.4 is 21.3 Å². The Bertz CT molecular complexity index is 1680. The average molecular weight is 604 g/mol. The molecular formula is C36H41N7O2. The number of aromatic nitrogens is 3. The second kappa shape index (κ2) is 15.7. The number of nitrogens with zero attached hydrogens (tertiary/aromatic N) is 3. The molecule has 0 fully saturated rings. The number of amides is 2. The standard InChI is InChI=1S/C36H41N7O2/c1-26(32-15-7-11-27-10-3-4-14-33(27)32)41-36(45)34(16-8-19-37-25-31-13-9-21-43(31)2)42-35(44)28-17-18-30(40-22-28)24-38-23-29-12-5-6-20-39-29/h3-7,9-15,17-18,20-22,26,34,37-38H,8,16,19,23-25H2,1-2H3,(H,41,45)(H,42,44)/t26-,34-/m0/s1. The van der Waals surface area contributed by atoms with Gasteiger partial charge in [-0.2, -0.15) is 0 Å². The molecule has 3 aromatic heterocycles. The third-order valence-corrected chi connectivity index (χ3v) is 7.90. The first-order valence-electron chi connectivity index (χ1n) is 15.4. The minimum absolute atomic E-state index is 0.213. The number of fused-ring (bicyclic) bond motifs is 1. The van der Waals surface area contributed by atoms with Crippen LogP contribution in [0.3, 0.4) is 0 Å². The average Bonchev–Trinajstić information content (AvgIpc) is 3.48. The number of carbonyl (C=O) groups is 2. The van der Waals surface area contributed by atoms with Crippen LogP contribution in [0.4, 0.5) is 0 Å². The topological polar surface area (TPSA) is 113 Å². The molecule has 0 saturated carbocycles. The molecule has 5 aromatic rings. The van der Waals surface area contributed by atoms with E-state index in [1.54, 1.807) is 18.5 Å². The van der Waals surface area contributed by atoms with Gasteiger partial charge in [0.15, 0.2) is 0 Å². The van der Waals surface area contributed by atoms with E-state index in [-0.39, 0.29) is 17.9 Å². The highest BCUT2D eigenvalue weighted by molar-refractivity contribution is 5.97. The molecule has 45 heavy (non-hydrogen) atoms. The molecule has 0 unspecified atom stereocenters. The molecule has 4 N–H and O–H groups in total. The number of nitrogens with one attached hydrogen (secondary N) is 4. The van der Waals surface area contributed by atoms with Crippen molar-refractivity contribution in [1.29, 1.82) is 0 Å². The first-order valence-corrected chi connectivity index (χ1v) is 15.4. The summed E-state index contributed by atoms with van der Waals surface area (Å²) >= 11 is 0. The summed E-state index contributed by atoms with van der Waals surface area (Å²) in [7, 11) is 2.02. The SMILES string of the molecule is C[C@H](NC(=O)[C@H](CCCNCc1cccn1C)NC(=O)c1ccc(CNCc2ccccn2)nc1)c1cccc2ccccc12. The zero-order valence-electron chi connectivity index (χ0n) is 25.9. The highest BCUT2D eigenvalue weighted by Gasteiger charge is 2.23. The van der Waals surface area contributed by atoms with E-state index in [0.29, 0.717) is 38.0 Å². The van der Waals surface area contributed by atoms with Gasteiger partial charge in [0, 0.05) is 51.0 Å². The van der Waals surface area contributed by atoms with Crippen LogP contribution in [0.1, 0.15) is 58.8 Å². The van der Waals surface area contributed by atoms with Crippen molar-refractivity contribution in [3.05, 3.63) is 132 Å². The molecule has 9 heteroatoms. The van der Waals surface area contributed by atoms with E-state index >= 15 is 0 Å². The zero-order chi connectivity index (χ0) is 31.4. The molecule has 9 nitrogen and oxygen atoms in total. The van der Waals surface area contributed by atoms with Gasteiger partial charge >= 0.3 is 0 Å². The number of aryl methyl sites for hydroxylation is 1.